The molecule has 1 atom stereocenters. The second kappa shape index (κ2) is 11.7. The van der Waals surface area contributed by atoms with E-state index in [1.54, 1.807) is 67.8 Å². The molecule has 0 spiro atoms. The fraction of sp³-hybridized carbons (Fsp3) is 0.235. The Labute approximate surface area is 259 Å². The number of alkyl halides is 6. The summed E-state index contributed by atoms with van der Waals surface area (Å²) in [6, 6.07) is 17.3. The van der Waals surface area contributed by atoms with E-state index in [4.69, 9.17) is 4.98 Å². The van der Waals surface area contributed by atoms with Crippen LogP contribution in [0.25, 0.3) is 22.0 Å². The number of halogens is 6. The number of carbonyl (C=O) groups is 1. The number of carbonyl (C=O) groups excluding carboxylic acids is 1. The summed E-state index contributed by atoms with van der Waals surface area (Å²) in [4.78, 5) is 38.4. The first-order chi connectivity index (χ1) is 21.8. The van der Waals surface area contributed by atoms with Crippen molar-refractivity contribution in [2.45, 2.75) is 38.8 Å². The van der Waals surface area contributed by atoms with E-state index in [0.717, 1.165) is 5.56 Å². The summed E-state index contributed by atoms with van der Waals surface area (Å²) in [5.41, 5.74) is -1.14. The Balaban J connectivity index is 1.51. The minimum absolute atomic E-state index is 0.00196. The van der Waals surface area contributed by atoms with Gasteiger partial charge in [-0.2, -0.15) is 26.3 Å². The number of amides is 1. The van der Waals surface area contributed by atoms with Crippen LogP contribution in [0, 0.1) is 5.92 Å². The quantitative estimate of drug-likeness (QED) is 0.189. The zero-order valence-electron chi connectivity index (χ0n) is 24.4. The van der Waals surface area contributed by atoms with E-state index < -0.39 is 41.5 Å². The van der Waals surface area contributed by atoms with Crippen molar-refractivity contribution in [3.8, 4) is 11.1 Å². The molecule has 236 valence electrons. The lowest BCUT2D eigenvalue weighted by Gasteiger charge is -2.25. The average Bonchev–Trinajstić information content (AvgIpc) is 3.13. The van der Waals surface area contributed by atoms with Gasteiger partial charge >= 0.3 is 12.4 Å². The lowest BCUT2D eigenvalue weighted by molar-refractivity contribution is -0.143. The van der Waals surface area contributed by atoms with Crippen LogP contribution >= 0.6 is 0 Å². The van der Waals surface area contributed by atoms with Crippen molar-refractivity contribution in [2.75, 3.05) is 6.54 Å². The van der Waals surface area contributed by atoms with Crippen molar-refractivity contribution in [1.82, 2.24) is 19.4 Å². The van der Waals surface area contributed by atoms with E-state index in [-0.39, 0.29) is 41.8 Å². The Morgan fingerprint density at radius 2 is 1.52 bits per heavy atom. The summed E-state index contributed by atoms with van der Waals surface area (Å²) in [5.74, 6) is -1.07. The molecule has 4 heterocycles. The van der Waals surface area contributed by atoms with Gasteiger partial charge in [0.1, 0.15) is 11.2 Å². The molecule has 1 aliphatic heterocycles. The first kappa shape index (κ1) is 31.0. The van der Waals surface area contributed by atoms with Crippen LogP contribution in [0.15, 0.2) is 90.0 Å². The van der Waals surface area contributed by atoms with Gasteiger partial charge in [0.25, 0.3) is 11.5 Å². The summed E-state index contributed by atoms with van der Waals surface area (Å²) >= 11 is 0. The Kier molecular flexibility index (Phi) is 7.91. The van der Waals surface area contributed by atoms with E-state index in [1.807, 2.05) is 6.07 Å². The Morgan fingerprint density at radius 3 is 2.15 bits per heavy atom. The van der Waals surface area contributed by atoms with Crippen LogP contribution in [0.2, 0.25) is 0 Å². The largest absolute Gasteiger partial charge is 0.416 e. The number of aromatic nitrogens is 3. The first-order valence-corrected chi connectivity index (χ1v) is 14.4. The highest BCUT2D eigenvalue weighted by Crippen LogP contribution is 2.38. The zero-order chi connectivity index (χ0) is 32.8. The molecule has 0 saturated heterocycles. The highest BCUT2D eigenvalue weighted by atomic mass is 19.4. The van der Waals surface area contributed by atoms with Crippen LogP contribution in [0.5, 0.6) is 0 Å². The summed E-state index contributed by atoms with van der Waals surface area (Å²) < 4.78 is 83.0. The van der Waals surface area contributed by atoms with Gasteiger partial charge in [0.2, 0.25) is 0 Å². The molecule has 1 amide bonds. The zero-order valence-corrected chi connectivity index (χ0v) is 24.4. The van der Waals surface area contributed by atoms with Gasteiger partial charge in [-0.3, -0.25) is 14.6 Å². The fourth-order valence-corrected chi connectivity index (χ4v) is 5.91. The molecule has 0 radical (unpaired) electrons. The fourth-order valence-electron chi connectivity index (χ4n) is 5.91. The standard InChI is InChI=1S/C34H26F6N4O2/c1-20-17-43(19-22-12-24(33(35,36)37)15-25(13-22)34(38,39)40)32(46)30-28(23-7-3-2-4-8-23)27-10-9-26(14-21-6-5-11-41-16-21)42-29(27)31(45)44(30)18-20/h2-13,15-16,20H,14,17-19H2,1H3/t20-/m0/s1. The molecule has 12 heteroatoms. The Hall–Kier alpha value is -5.00. The molecule has 0 N–H and O–H groups in total. The molecule has 2 aromatic carbocycles. The van der Waals surface area contributed by atoms with Crippen molar-refractivity contribution in [3.05, 3.63) is 129 Å². The number of pyridine rings is 3. The maximum atomic E-state index is 14.3. The van der Waals surface area contributed by atoms with E-state index in [0.29, 0.717) is 40.8 Å². The van der Waals surface area contributed by atoms with Crippen molar-refractivity contribution >= 4 is 16.8 Å². The predicted molar refractivity (Wildman–Crippen MR) is 159 cm³/mol. The lowest BCUT2D eigenvalue weighted by atomic mass is 9.97. The normalized spacial score (nSPS) is 15.6. The molecule has 0 saturated carbocycles. The van der Waals surface area contributed by atoms with E-state index in [1.165, 1.54) is 9.47 Å². The third kappa shape index (κ3) is 6.11. The van der Waals surface area contributed by atoms with E-state index in [2.05, 4.69) is 4.98 Å². The molecule has 6 rings (SSSR count). The van der Waals surface area contributed by atoms with Gasteiger partial charge in [-0.25, -0.2) is 4.98 Å². The van der Waals surface area contributed by atoms with Gasteiger partial charge < -0.3 is 9.47 Å². The summed E-state index contributed by atoms with van der Waals surface area (Å²) in [5, 5.41) is 0.402. The third-order valence-electron chi connectivity index (χ3n) is 7.88. The molecular formula is C34H26F6N4O2. The van der Waals surface area contributed by atoms with E-state index in [9.17, 15) is 35.9 Å². The average molecular weight is 637 g/mol. The Morgan fingerprint density at radius 1 is 0.826 bits per heavy atom. The second-order valence-corrected chi connectivity index (χ2v) is 11.4. The van der Waals surface area contributed by atoms with E-state index >= 15 is 0 Å². The molecule has 1 aliphatic rings. The number of benzene rings is 2. The summed E-state index contributed by atoms with van der Waals surface area (Å²) in [6.07, 6.45) is -6.31. The van der Waals surface area contributed by atoms with Crippen LogP contribution in [0.4, 0.5) is 26.3 Å². The van der Waals surface area contributed by atoms with Crippen LogP contribution in [-0.4, -0.2) is 31.9 Å². The number of fused-ring (bicyclic) bond motifs is 2. The molecule has 3 aromatic heterocycles. The van der Waals surface area contributed by atoms with Crippen LogP contribution < -0.4 is 5.56 Å². The van der Waals surface area contributed by atoms with Crippen molar-refractivity contribution in [3.63, 3.8) is 0 Å². The Bertz CT molecular complexity index is 1960. The van der Waals surface area contributed by atoms with Crippen molar-refractivity contribution in [1.29, 1.82) is 0 Å². The predicted octanol–water partition coefficient (Wildman–Crippen LogP) is 7.38. The molecule has 0 fully saturated rings. The second-order valence-electron chi connectivity index (χ2n) is 11.4. The van der Waals surface area contributed by atoms with Crippen molar-refractivity contribution in [2.24, 2.45) is 5.92 Å². The number of nitrogens with zero attached hydrogens (tertiary/aromatic N) is 4. The molecule has 5 aromatic rings. The van der Waals surface area contributed by atoms with Gasteiger partial charge in [-0.1, -0.05) is 49.4 Å². The number of rotatable bonds is 5. The van der Waals surface area contributed by atoms with Crippen LogP contribution in [-0.2, 0) is 31.9 Å². The van der Waals surface area contributed by atoms with Crippen molar-refractivity contribution < 1.29 is 31.1 Å². The van der Waals surface area contributed by atoms with Gasteiger partial charge in [0.15, 0.2) is 0 Å². The minimum Gasteiger partial charge on any atom is -0.333 e. The van der Waals surface area contributed by atoms with Gasteiger partial charge in [0, 0.05) is 55.1 Å². The van der Waals surface area contributed by atoms with Crippen LogP contribution in [0.3, 0.4) is 0 Å². The molecular weight excluding hydrogens is 610 g/mol. The molecule has 46 heavy (non-hydrogen) atoms. The molecule has 0 unspecified atom stereocenters. The molecule has 0 bridgehead atoms. The highest BCUT2D eigenvalue weighted by Gasteiger charge is 2.38. The smallest absolute Gasteiger partial charge is 0.333 e. The van der Waals surface area contributed by atoms with Gasteiger partial charge in [0.05, 0.1) is 11.1 Å². The number of hydrogen-bond acceptors (Lipinski definition) is 4. The topological polar surface area (TPSA) is 68.1 Å². The first-order valence-electron chi connectivity index (χ1n) is 14.4. The summed E-state index contributed by atoms with van der Waals surface area (Å²) in [6.45, 7) is 1.30. The van der Waals surface area contributed by atoms with Gasteiger partial charge in [-0.05, 0) is 52.9 Å². The molecule has 0 aliphatic carbocycles. The highest BCUT2D eigenvalue weighted by molar-refractivity contribution is 6.07. The maximum Gasteiger partial charge on any atom is 0.416 e. The van der Waals surface area contributed by atoms with Crippen LogP contribution in [0.1, 0.15) is 45.4 Å². The summed E-state index contributed by atoms with van der Waals surface area (Å²) in [7, 11) is 0. The maximum absolute atomic E-state index is 14.3. The van der Waals surface area contributed by atoms with Gasteiger partial charge in [-0.15, -0.1) is 0 Å². The third-order valence-corrected chi connectivity index (χ3v) is 7.88. The number of hydrogen-bond donors (Lipinski definition) is 0. The lowest BCUT2D eigenvalue weighted by Crippen LogP contribution is -2.34. The SMILES string of the molecule is C[C@H]1CN(Cc2cc(C(F)(F)F)cc(C(F)(F)F)c2)C(=O)c2c(-c3ccccc3)c3ccc(Cc4cccnc4)nc3c(=O)n2C1. The minimum atomic E-state index is -5.03. The monoisotopic (exact) mass is 636 g/mol. The molecule has 6 nitrogen and oxygen atoms in total.